The zero-order valence-corrected chi connectivity index (χ0v) is 12.7. The van der Waals surface area contributed by atoms with Crippen LogP contribution in [0, 0.1) is 6.92 Å². The van der Waals surface area contributed by atoms with Crippen LogP contribution < -0.4 is 4.74 Å². The third-order valence-electron chi connectivity index (χ3n) is 3.29. The molecule has 0 amide bonds. The largest absolute Gasteiger partial charge is 0.423 e. The highest BCUT2D eigenvalue weighted by atomic mass is 32.2. The summed E-state index contributed by atoms with van der Waals surface area (Å²) in [5.41, 5.74) is 1.42. The van der Waals surface area contributed by atoms with Gasteiger partial charge in [-0.15, -0.1) is 4.40 Å². The van der Waals surface area contributed by atoms with Crippen molar-refractivity contribution in [2.24, 2.45) is 4.40 Å². The standard InChI is InChI=1S/C15H14N2O4S/c1-11-2-5-13(6-3-11)21-15(18)12-4-7-14-16-22(19,20)9-8-17(14)10-12/h2-7,10H,8-9H2,1H3. The van der Waals surface area contributed by atoms with E-state index in [1.54, 1.807) is 23.2 Å². The van der Waals surface area contributed by atoms with Crippen LogP contribution in [0.3, 0.4) is 0 Å². The predicted octanol–water partition coefficient (Wildman–Crippen LogP) is 1.40. The summed E-state index contributed by atoms with van der Waals surface area (Å²) in [7, 11) is -3.39. The van der Waals surface area contributed by atoms with Gasteiger partial charge in [0, 0.05) is 12.7 Å². The van der Waals surface area contributed by atoms with E-state index in [-0.39, 0.29) is 12.3 Å². The van der Waals surface area contributed by atoms with E-state index in [0.29, 0.717) is 17.2 Å². The SMILES string of the molecule is Cc1ccc(OC(=O)C2=CN3CCS(=O)(=O)N=C3C=C2)cc1. The van der Waals surface area contributed by atoms with Crippen molar-refractivity contribution in [1.82, 2.24) is 4.90 Å². The van der Waals surface area contributed by atoms with Gasteiger partial charge in [0.25, 0.3) is 10.0 Å². The second-order valence-corrected chi connectivity index (χ2v) is 6.80. The van der Waals surface area contributed by atoms with E-state index >= 15 is 0 Å². The maximum absolute atomic E-state index is 12.1. The molecule has 3 rings (SSSR count). The van der Waals surface area contributed by atoms with Gasteiger partial charge in [-0.2, -0.15) is 0 Å². The average Bonchev–Trinajstić information content (AvgIpc) is 2.48. The van der Waals surface area contributed by atoms with Crippen molar-refractivity contribution in [1.29, 1.82) is 0 Å². The smallest absolute Gasteiger partial charge is 0.345 e. The van der Waals surface area contributed by atoms with Gasteiger partial charge in [-0.05, 0) is 31.2 Å². The molecule has 0 bridgehead atoms. The highest BCUT2D eigenvalue weighted by Crippen LogP contribution is 2.18. The topological polar surface area (TPSA) is 76.0 Å². The molecule has 1 aromatic rings. The molecule has 0 N–H and O–H groups in total. The van der Waals surface area contributed by atoms with Crippen LogP contribution in [-0.4, -0.2) is 37.4 Å². The van der Waals surface area contributed by atoms with Crippen LogP contribution in [0.1, 0.15) is 5.56 Å². The number of hydrogen-bond acceptors (Lipinski definition) is 5. The molecule has 0 aromatic heterocycles. The number of esters is 1. The number of sulfonamides is 1. The first-order chi connectivity index (χ1) is 10.4. The molecule has 22 heavy (non-hydrogen) atoms. The van der Waals surface area contributed by atoms with Crippen molar-refractivity contribution in [3.63, 3.8) is 0 Å². The van der Waals surface area contributed by atoms with Crippen molar-refractivity contribution in [2.45, 2.75) is 6.92 Å². The first-order valence-electron chi connectivity index (χ1n) is 6.71. The van der Waals surface area contributed by atoms with E-state index in [4.69, 9.17) is 4.74 Å². The number of carbonyl (C=O) groups excluding carboxylic acids is 1. The molecule has 7 heteroatoms. The van der Waals surface area contributed by atoms with Gasteiger partial charge in [-0.25, -0.2) is 13.2 Å². The minimum atomic E-state index is -3.39. The molecule has 0 saturated carbocycles. The van der Waals surface area contributed by atoms with Crippen molar-refractivity contribution < 1.29 is 17.9 Å². The lowest BCUT2D eigenvalue weighted by Crippen LogP contribution is -2.37. The van der Waals surface area contributed by atoms with E-state index in [1.165, 1.54) is 12.2 Å². The molecule has 2 aliphatic rings. The Kier molecular flexibility index (Phi) is 3.58. The van der Waals surface area contributed by atoms with Crippen molar-refractivity contribution in [2.75, 3.05) is 12.3 Å². The number of rotatable bonds is 2. The number of fused-ring (bicyclic) bond motifs is 1. The van der Waals surface area contributed by atoms with Gasteiger partial charge < -0.3 is 9.64 Å². The summed E-state index contributed by atoms with van der Waals surface area (Å²) < 4.78 is 31.8. The minimum absolute atomic E-state index is 0.0683. The number of nitrogens with zero attached hydrogens (tertiary/aromatic N) is 2. The quantitative estimate of drug-likeness (QED) is 0.608. The molecule has 0 fully saturated rings. The van der Waals surface area contributed by atoms with E-state index in [2.05, 4.69) is 4.40 Å². The Labute approximate surface area is 128 Å². The molecule has 0 spiro atoms. The van der Waals surface area contributed by atoms with Gasteiger partial charge >= 0.3 is 5.97 Å². The van der Waals surface area contributed by atoms with E-state index < -0.39 is 16.0 Å². The van der Waals surface area contributed by atoms with Crippen LogP contribution in [-0.2, 0) is 14.8 Å². The van der Waals surface area contributed by atoms with Gasteiger partial charge in [0.15, 0.2) is 0 Å². The van der Waals surface area contributed by atoms with Crippen molar-refractivity contribution in [3.8, 4) is 5.75 Å². The summed E-state index contributed by atoms with van der Waals surface area (Å²) in [6, 6.07) is 7.16. The predicted molar refractivity (Wildman–Crippen MR) is 82.0 cm³/mol. The summed E-state index contributed by atoms with van der Waals surface area (Å²) in [6.45, 7) is 2.22. The number of amidine groups is 1. The lowest BCUT2D eigenvalue weighted by molar-refractivity contribution is -0.129. The van der Waals surface area contributed by atoms with Crippen LogP contribution in [0.2, 0.25) is 0 Å². The fraction of sp³-hybridized carbons (Fsp3) is 0.200. The summed E-state index contributed by atoms with van der Waals surface area (Å²) in [4.78, 5) is 13.8. The molecule has 2 aliphatic heterocycles. The highest BCUT2D eigenvalue weighted by Gasteiger charge is 2.25. The zero-order valence-electron chi connectivity index (χ0n) is 11.9. The third kappa shape index (κ3) is 3.09. The Balaban J connectivity index is 1.77. The van der Waals surface area contributed by atoms with Gasteiger partial charge in [0.1, 0.15) is 11.6 Å². The normalized spacial score (nSPS) is 19.0. The molecular weight excluding hydrogens is 304 g/mol. The number of aryl methyl sites for hydroxylation is 1. The number of benzene rings is 1. The lowest BCUT2D eigenvalue weighted by atomic mass is 10.2. The van der Waals surface area contributed by atoms with Crippen LogP contribution >= 0.6 is 0 Å². The Bertz CT molecular complexity index is 804. The molecule has 0 atom stereocenters. The summed E-state index contributed by atoms with van der Waals surface area (Å²) in [5.74, 6) is 0.220. The first kappa shape index (κ1) is 14.5. The number of hydrogen-bond donors (Lipinski definition) is 0. The summed E-state index contributed by atoms with van der Waals surface area (Å²) in [5, 5.41) is 0. The van der Waals surface area contributed by atoms with Crippen LogP contribution in [0.5, 0.6) is 5.75 Å². The van der Waals surface area contributed by atoms with E-state index in [9.17, 15) is 13.2 Å². The van der Waals surface area contributed by atoms with E-state index in [1.807, 2.05) is 19.1 Å². The van der Waals surface area contributed by atoms with Gasteiger partial charge in [-0.3, -0.25) is 0 Å². The van der Waals surface area contributed by atoms with Gasteiger partial charge in [0.2, 0.25) is 0 Å². The van der Waals surface area contributed by atoms with Crippen LogP contribution in [0.4, 0.5) is 0 Å². The molecular formula is C15H14N2O4S. The van der Waals surface area contributed by atoms with E-state index in [0.717, 1.165) is 5.56 Å². The molecule has 0 radical (unpaired) electrons. The molecule has 1 aromatic carbocycles. The molecule has 114 valence electrons. The second kappa shape index (κ2) is 5.42. The van der Waals surface area contributed by atoms with Gasteiger partial charge in [-0.1, -0.05) is 17.7 Å². The monoisotopic (exact) mass is 318 g/mol. The van der Waals surface area contributed by atoms with Crippen LogP contribution in [0.15, 0.2) is 52.6 Å². The Hall–Kier alpha value is -2.41. The summed E-state index contributed by atoms with van der Waals surface area (Å²) >= 11 is 0. The Morgan fingerprint density at radius 1 is 1.23 bits per heavy atom. The average molecular weight is 318 g/mol. The van der Waals surface area contributed by atoms with Crippen molar-refractivity contribution in [3.05, 3.63) is 53.8 Å². The molecule has 0 unspecified atom stereocenters. The molecule has 0 saturated heterocycles. The fourth-order valence-electron chi connectivity index (χ4n) is 2.09. The van der Waals surface area contributed by atoms with Gasteiger partial charge in [0.05, 0.1) is 11.3 Å². The molecule has 0 aliphatic carbocycles. The van der Waals surface area contributed by atoms with Crippen molar-refractivity contribution >= 4 is 21.8 Å². The minimum Gasteiger partial charge on any atom is -0.423 e. The second-order valence-electron chi connectivity index (χ2n) is 5.05. The summed E-state index contributed by atoms with van der Waals surface area (Å²) in [6.07, 6.45) is 4.57. The maximum Gasteiger partial charge on any atom is 0.345 e. The first-order valence-corrected chi connectivity index (χ1v) is 8.32. The Morgan fingerprint density at radius 3 is 2.68 bits per heavy atom. The fourth-order valence-corrected chi connectivity index (χ4v) is 3.06. The number of carbonyl (C=O) groups is 1. The molecule has 6 nitrogen and oxygen atoms in total. The third-order valence-corrected chi connectivity index (χ3v) is 4.45. The Morgan fingerprint density at radius 2 is 1.95 bits per heavy atom. The lowest BCUT2D eigenvalue weighted by Gasteiger charge is -2.26. The zero-order chi connectivity index (χ0) is 15.7. The maximum atomic E-state index is 12.1. The van der Waals surface area contributed by atoms with Crippen LogP contribution in [0.25, 0.3) is 0 Å². The molecule has 2 heterocycles. The number of ether oxygens (including phenoxy) is 1. The highest BCUT2D eigenvalue weighted by molar-refractivity contribution is 7.90.